The number of aromatic hydroxyl groups is 1. The summed E-state index contributed by atoms with van der Waals surface area (Å²) in [6, 6.07) is 13.6. The minimum atomic E-state index is -0.0247. The van der Waals surface area contributed by atoms with E-state index in [2.05, 4.69) is 27.2 Å². The number of amides is 1. The zero-order valence-corrected chi connectivity index (χ0v) is 19.1. The maximum atomic E-state index is 12.8. The van der Waals surface area contributed by atoms with E-state index in [1.54, 1.807) is 12.1 Å². The Morgan fingerprint density at radius 1 is 0.939 bits per heavy atom. The molecule has 1 saturated carbocycles. The number of carbonyl (C=O) groups is 1. The Bertz CT molecular complexity index is 964. The summed E-state index contributed by atoms with van der Waals surface area (Å²) in [6.07, 6.45) is 4.53. The number of nitrogens with zero attached hydrogens (tertiary/aromatic N) is 2. The molecule has 0 spiro atoms. The lowest BCUT2D eigenvalue weighted by molar-refractivity contribution is -0.122. The number of nitrogens with one attached hydrogen (secondary N) is 1. The lowest BCUT2D eigenvalue weighted by Crippen LogP contribution is -2.50. The van der Waals surface area contributed by atoms with Crippen LogP contribution in [0.3, 0.4) is 0 Å². The fourth-order valence-corrected chi connectivity index (χ4v) is 5.35. The van der Waals surface area contributed by atoms with Crippen molar-refractivity contribution in [1.82, 2.24) is 10.2 Å². The van der Waals surface area contributed by atoms with Gasteiger partial charge in [0.15, 0.2) is 11.5 Å². The molecule has 1 aliphatic carbocycles. The normalized spacial score (nSPS) is 19.9. The molecule has 33 heavy (non-hydrogen) atoms. The maximum Gasteiger partial charge on any atom is 0.234 e. The standard InChI is InChI=1S/C26H33N3O4/c30-22-6-4-21(5-7-22)29-13-11-28(12-14-29)18-25(31)27-19-26(9-1-2-10-26)20-3-8-23-24(17-20)33-16-15-32-23/h3-8,17,30H,1-2,9-16,18-19H2,(H,27,31). The van der Waals surface area contributed by atoms with Crippen molar-refractivity contribution in [3.8, 4) is 17.2 Å². The number of hydrogen-bond acceptors (Lipinski definition) is 6. The molecule has 7 nitrogen and oxygen atoms in total. The molecule has 0 bridgehead atoms. The van der Waals surface area contributed by atoms with Gasteiger partial charge in [-0.05, 0) is 54.8 Å². The van der Waals surface area contributed by atoms with Crippen LogP contribution >= 0.6 is 0 Å². The van der Waals surface area contributed by atoms with Crippen LogP contribution in [-0.4, -0.2) is 68.4 Å². The van der Waals surface area contributed by atoms with Crippen LogP contribution in [0.25, 0.3) is 0 Å². The van der Waals surface area contributed by atoms with Gasteiger partial charge in [-0.1, -0.05) is 18.9 Å². The van der Waals surface area contributed by atoms with Crippen molar-refractivity contribution < 1.29 is 19.4 Å². The van der Waals surface area contributed by atoms with Crippen LogP contribution in [0.2, 0.25) is 0 Å². The second kappa shape index (κ2) is 9.51. The van der Waals surface area contributed by atoms with E-state index in [-0.39, 0.29) is 17.1 Å². The van der Waals surface area contributed by atoms with Crippen LogP contribution in [0.5, 0.6) is 17.2 Å². The average molecular weight is 452 g/mol. The molecule has 5 rings (SSSR count). The fourth-order valence-electron chi connectivity index (χ4n) is 5.35. The van der Waals surface area contributed by atoms with Gasteiger partial charge in [0.25, 0.3) is 0 Å². The Balaban J connectivity index is 1.15. The topological polar surface area (TPSA) is 74.3 Å². The summed E-state index contributed by atoms with van der Waals surface area (Å²) in [5.74, 6) is 2.01. The summed E-state index contributed by atoms with van der Waals surface area (Å²) in [6.45, 7) is 5.72. The number of rotatable bonds is 6. The van der Waals surface area contributed by atoms with Crippen LogP contribution in [0, 0.1) is 0 Å². The largest absolute Gasteiger partial charge is 0.508 e. The zero-order valence-electron chi connectivity index (χ0n) is 19.1. The number of hydrogen-bond donors (Lipinski definition) is 2. The average Bonchev–Trinajstić information content (AvgIpc) is 3.34. The van der Waals surface area contributed by atoms with Crippen LogP contribution in [0.1, 0.15) is 31.2 Å². The first-order chi connectivity index (χ1) is 16.1. The summed E-state index contributed by atoms with van der Waals surface area (Å²) in [4.78, 5) is 17.3. The van der Waals surface area contributed by atoms with Gasteiger partial charge in [-0.2, -0.15) is 0 Å². The number of phenols is 1. The van der Waals surface area contributed by atoms with Crippen molar-refractivity contribution in [2.24, 2.45) is 0 Å². The minimum absolute atomic E-state index is 0.0247. The summed E-state index contributed by atoms with van der Waals surface area (Å²) in [7, 11) is 0. The second-order valence-corrected chi connectivity index (χ2v) is 9.40. The van der Waals surface area contributed by atoms with Crippen LogP contribution < -0.4 is 19.7 Å². The molecule has 0 atom stereocenters. The predicted octanol–water partition coefficient (Wildman–Crippen LogP) is 2.91. The number of benzene rings is 2. The lowest BCUT2D eigenvalue weighted by Gasteiger charge is -2.36. The highest BCUT2D eigenvalue weighted by Crippen LogP contribution is 2.43. The summed E-state index contributed by atoms with van der Waals surface area (Å²) in [5, 5.41) is 12.7. The first-order valence-electron chi connectivity index (χ1n) is 12.0. The molecule has 176 valence electrons. The molecule has 2 aliphatic heterocycles. The third-order valence-corrected chi connectivity index (χ3v) is 7.29. The Morgan fingerprint density at radius 3 is 2.36 bits per heavy atom. The van der Waals surface area contributed by atoms with E-state index in [1.807, 2.05) is 18.2 Å². The van der Waals surface area contributed by atoms with E-state index in [0.717, 1.165) is 56.2 Å². The molecule has 0 unspecified atom stereocenters. The zero-order chi connectivity index (χ0) is 22.7. The van der Waals surface area contributed by atoms with E-state index in [9.17, 15) is 9.90 Å². The van der Waals surface area contributed by atoms with E-state index >= 15 is 0 Å². The Morgan fingerprint density at radius 2 is 1.64 bits per heavy atom. The number of piperazine rings is 1. The molecule has 3 aliphatic rings. The molecular formula is C26H33N3O4. The van der Waals surface area contributed by atoms with E-state index in [0.29, 0.717) is 26.3 Å². The van der Waals surface area contributed by atoms with Crippen LogP contribution in [-0.2, 0) is 10.2 Å². The number of ether oxygens (including phenoxy) is 2. The Hall–Kier alpha value is -2.93. The second-order valence-electron chi connectivity index (χ2n) is 9.40. The van der Waals surface area contributed by atoms with Gasteiger partial charge in [0.2, 0.25) is 5.91 Å². The molecule has 2 N–H and O–H groups in total. The number of phenolic OH excluding ortho intramolecular Hbond substituents is 1. The van der Waals surface area contributed by atoms with Gasteiger partial charge in [0.1, 0.15) is 19.0 Å². The van der Waals surface area contributed by atoms with Crippen molar-refractivity contribution in [3.63, 3.8) is 0 Å². The minimum Gasteiger partial charge on any atom is -0.508 e. The monoisotopic (exact) mass is 451 g/mol. The molecule has 0 aromatic heterocycles. The van der Waals surface area contributed by atoms with Crippen LogP contribution in [0.15, 0.2) is 42.5 Å². The smallest absolute Gasteiger partial charge is 0.234 e. The quantitative estimate of drug-likeness (QED) is 0.704. The van der Waals surface area contributed by atoms with Crippen molar-refractivity contribution >= 4 is 11.6 Å². The SMILES string of the molecule is O=C(CN1CCN(c2ccc(O)cc2)CC1)NCC1(c2ccc3c(c2)OCCO3)CCCC1. The highest BCUT2D eigenvalue weighted by atomic mass is 16.6. The van der Waals surface area contributed by atoms with Gasteiger partial charge in [-0.15, -0.1) is 0 Å². The van der Waals surface area contributed by atoms with Crippen molar-refractivity contribution in [2.75, 3.05) is 57.4 Å². The predicted molar refractivity (Wildman–Crippen MR) is 127 cm³/mol. The number of anilines is 1. The molecular weight excluding hydrogens is 418 g/mol. The van der Waals surface area contributed by atoms with Crippen molar-refractivity contribution in [2.45, 2.75) is 31.1 Å². The van der Waals surface area contributed by atoms with Crippen molar-refractivity contribution in [3.05, 3.63) is 48.0 Å². The third-order valence-electron chi connectivity index (χ3n) is 7.29. The molecule has 1 amide bonds. The molecule has 1 saturated heterocycles. The first-order valence-corrected chi connectivity index (χ1v) is 12.0. The maximum absolute atomic E-state index is 12.8. The molecule has 0 radical (unpaired) electrons. The highest BCUT2D eigenvalue weighted by Gasteiger charge is 2.37. The molecule has 2 aromatic carbocycles. The Labute approximate surface area is 195 Å². The highest BCUT2D eigenvalue weighted by molar-refractivity contribution is 5.78. The first kappa shape index (κ1) is 21.9. The van der Waals surface area contributed by atoms with Crippen LogP contribution in [0.4, 0.5) is 5.69 Å². The summed E-state index contributed by atoms with van der Waals surface area (Å²) < 4.78 is 11.5. The lowest BCUT2D eigenvalue weighted by atomic mass is 9.78. The van der Waals surface area contributed by atoms with Gasteiger partial charge >= 0.3 is 0 Å². The molecule has 2 fully saturated rings. The van der Waals surface area contributed by atoms with Gasteiger partial charge in [0.05, 0.1) is 6.54 Å². The van der Waals surface area contributed by atoms with Crippen molar-refractivity contribution in [1.29, 1.82) is 0 Å². The number of carbonyl (C=O) groups excluding carboxylic acids is 1. The van der Waals surface area contributed by atoms with Gasteiger partial charge in [-0.3, -0.25) is 9.69 Å². The van der Waals surface area contributed by atoms with E-state index < -0.39 is 0 Å². The van der Waals surface area contributed by atoms with E-state index in [4.69, 9.17) is 9.47 Å². The molecule has 7 heteroatoms. The Kier molecular flexibility index (Phi) is 6.31. The van der Waals surface area contributed by atoms with Gasteiger partial charge < -0.3 is 24.8 Å². The summed E-state index contributed by atoms with van der Waals surface area (Å²) >= 11 is 0. The molecule has 2 heterocycles. The summed E-state index contributed by atoms with van der Waals surface area (Å²) in [5.41, 5.74) is 2.33. The third kappa shape index (κ3) is 4.88. The molecule has 2 aromatic rings. The van der Waals surface area contributed by atoms with Gasteiger partial charge in [-0.25, -0.2) is 0 Å². The van der Waals surface area contributed by atoms with Gasteiger partial charge in [0, 0.05) is 43.8 Å². The van der Waals surface area contributed by atoms with E-state index in [1.165, 1.54) is 18.4 Å². The number of fused-ring (bicyclic) bond motifs is 1. The fraction of sp³-hybridized carbons (Fsp3) is 0.500.